The van der Waals surface area contributed by atoms with Crippen LogP contribution in [0.15, 0.2) is 72.8 Å². The fourth-order valence-corrected chi connectivity index (χ4v) is 3.60. The third-order valence-corrected chi connectivity index (χ3v) is 5.17. The average Bonchev–Trinajstić information content (AvgIpc) is 3.01. The summed E-state index contributed by atoms with van der Waals surface area (Å²) in [5.41, 5.74) is 2.43. The van der Waals surface area contributed by atoms with E-state index in [1.807, 2.05) is 12.1 Å². The molecule has 0 amide bonds. The second-order valence-corrected chi connectivity index (χ2v) is 7.19. The summed E-state index contributed by atoms with van der Waals surface area (Å²) in [6.45, 7) is 0. The Bertz CT molecular complexity index is 1010. The van der Waals surface area contributed by atoms with Crippen LogP contribution in [-0.4, -0.2) is 11.8 Å². The normalized spacial score (nSPS) is 16.5. The number of benzene rings is 3. The van der Waals surface area contributed by atoms with Crippen LogP contribution < -0.4 is 0 Å². The van der Waals surface area contributed by atoms with Gasteiger partial charge in [0.2, 0.25) is 0 Å². The van der Waals surface area contributed by atoms with Gasteiger partial charge in [-0.3, -0.25) is 4.79 Å². The molecule has 27 heavy (non-hydrogen) atoms. The number of rotatable bonds is 4. The van der Waals surface area contributed by atoms with Crippen LogP contribution in [0.1, 0.15) is 43.9 Å². The highest BCUT2D eigenvalue weighted by Crippen LogP contribution is 2.42. The minimum atomic E-state index is -0.696. The van der Waals surface area contributed by atoms with Crippen molar-refractivity contribution in [1.29, 1.82) is 0 Å². The first kappa shape index (κ1) is 17.8. The zero-order valence-corrected chi connectivity index (χ0v) is 15.6. The lowest BCUT2D eigenvalue weighted by Gasteiger charge is -2.23. The number of carbonyl (C=O) groups is 2. The third-order valence-electron chi connectivity index (χ3n) is 4.66. The summed E-state index contributed by atoms with van der Waals surface area (Å²) in [6.07, 6.45) is -0.696. The number of carbonyl (C=O) groups excluding carboxylic acids is 2. The lowest BCUT2D eigenvalue weighted by molar-refractivity contribution is 0.0322. The summed E-state index contributed by atoms with van der Waals surface area (Å²) < 4.78 is 5.63. The summed E-state index contributed by atoms with van der Waals surface area (Å²) in [4.78, 5) is 25.7. The van der Waals surface area contributed by atoms with Crippen molar-refractivity contribution in [3.63, 3.8) is 0 Å². The van der Waals surface area contributed by atoms with E-state index in [1.165, 1.54) is 0 Å². The molecule has 0 aromatic heterocycles. The van der Waals surface area contributed by atoms with E-state index in [1.54, 1.807) is 60.7 Å². The van der Waals surface area contributed by atoms with Gasteiger partial charge in [0, 0.05) is 21.2 Å². The molecule has 0 unspecified atom stereocenters. The van der Waals surface area contributed by atoms with E-state index < -0.39 is 18.0 Å². The van der Waals surface area contributed by atoms with Gasteiger partial charge in [-0.25, -0.2) is 4.79 Å². The zero-order chi connectivity index (χ0) is 19.0. The Morgan fingerprint density at radius 3 is 2.11 bits per heavy atom. The first-order valence-electron chi connectivity index (χ1n) is 8.40. The predicted molar refractivity (Wildman–Crippen MR) is 105 cm³/mol. The van der Waals surface area contributed by atoms with E-state index in [4.69, 9.17) is 27.9 Å². The van der Waals surface area contributed by atoms with Gasteiger partial charge in [0.15, 0.2) is 5.78 Å². The molecule has 0 N–H and O–H groups in total. The Labute approximate surface area is 166 Å². The second kappa shape index (κ2) is 7.18. The lowest BCUT2D eigenvalue weighted by atomic mass is 9.83. The fourth-order valence-electron chi connectivity index (χ4n) is 3.35. The van der Waals surface area contributed by atoms with Gasteiger partial charge < -0.3 is 4.74 Å². The fraction of sp³-hybridized carbons (Fsp3) is 0.0909. The number of ketones is 1. The first-order chi connectivity index (χ1) is 13.0. The molecule has 1 aliphatic heterocycles. The molecule has 3 nitrogen and oxygen atoms in total. The van der Waals surface area contributed by atoms with E-state index in [9.17, 15) is 9.59 Å². The Morgan fingerprint density at radius 1 is 0.852 bits per heavy atom. The molecule has 0 spiro atoms. The molecule has 4 rings (SSSR count). The molecule has 3 aromatic carbocycles. The molecule has 0 aliphatic carbocycles. The molecule has 0 saturated heterocycles. The van der Waals surface area contributed by atoms with Gasteiger partial charge in [0.1, 0.15) is 6.10 Å². The Kier molecular flexibility index (Phi) is 4.73. The number of ether oxygens (including phenoxy) is 1. The SMILES string of the molecule is O=C1O[C@@H]([C@H](C(=O)c2ccc(Cl)cc2)c2ccc(Cl)cc2)c2ccccc21. The van der Waals surface area contributed by atoms with Crippen LogP contribution in [0.3, 0.4) is 0 Å². The molecule has 0 bridgehead atoms. The molecule has 3 aromatic rings. The van der Waals surface area contributed by atoms with Gasteiger partial charge in [-0.2, -0.15) is 0 Å². The van der Waals surface area contributed by atoms with Crippen LogP contribution >= 0.6 is 23.2 Å². The van der Waals surface area contributed by atoms with Gasteiger partial charge in [-0.15, -0.1) is 0 Å². The largest absolute Gasteiger partial charge is 0.453 e. The minimum Gasteiger partial charge on any atom is -0.453 e. The smallest absolute Gasteiger partial charge is 0.339 e. The molecular formula is C22H14Cl2O3. The van der Waals surface area contributed by atoms with E-state index in [0.29, 0.717) is 26.7 Å². The summed E-state index contributed by atoms with van der Waals surface area (Å²) in [5.74, 6) is -1.25. The predicted octanol–water partition coefficient (Wildman–Crippen LogP) is 5.87. The highest BCUT2D eigenvalue weighted by atomic mass is 35.5. The van der Waals surface area contributed by atoms with Gasteiger partial charge in [-0.1, -0.05) is 53.5 Å². The molecule has 134 valence electrons. The Hall–Kier alpha value is -2.62. The maximum Gasteiger partial charge on any atom is 0.339 e. The molecular weight excluding hydrogens is 383 g/mol. The number of hydrogen-bond acceptors (Lipinski definition) is 3. The van der Waals surface area contributed by atoms with Crippen LogP contribution in [0.25, 0.3) is 0 Å². The topological polar surface area (TPSA) is 43.4 Å². The van der Waals surface area contributed by atoms with Gasteiger partial charge in [-0.05, 0) is 48.0 Å². The molecule has 1 heterocycles. The molecule has 2 atom stereocenters. The van der Waals surface area contributed by atoms with Crippen molar-refractivity contribution in [3.05, 3.63) is 105 Å². The quantitative estimate of drug-likeness (QED) is 0.408. The molecule has 0 radical (unpaired) electrons. The minimum absolute atomic E-state index is 0.150. The van der Waals surface area contributed by atoms with Crippen molar-refractivity contribution in [2.75, 3.05) is 0 Å². The average molecular weight is 397 g/mol. The van der Waals surface area contributed by atoms with Crippen LogP contribution in [0.2, 0.25) is 10.0 Å². The highest BCUT2D eigenvalue weighted by Gasteiger charge is 2.41. The second-order valence-electron chi connectivity index (χ2n) is 6.31. The van der Waals surface area contributed by atoms with Crippen molar-refractivity contribution in [3.8, 4) is 0 Å². The van der Waals surface area contributed by atoms with E-state index in [2.05, 4.69) is 0 Å². The van der Waals surface area contributed by atoms with E-state index in [-0.39, 0.29) is 5.78 Å². The van der Waals surface area contributed by atoms with Crippen molar-refractivity contribution < 1.29 is 14.3 Å². The Balaban J connectivity index is 1.82. The number of halogens is 2. The maximum atomic E-state index is 13.4. The van der Waals surface area contributed by atoms with Crippen molar-refractivity contribution in [1.82, 2.24) is 0 Å². The van der Waals surface area contributed by atoms with E-state index >= 15 is 0 Å². The molecule has 0 saturated carbocycles. The summed E-state index contributed by atoms with van der Waals surface area (Å²) in [6, 6.07) is 20.9. The molecule has 5 heteroatoms. The van der Waals surface area contributed by atoms with Gasteiger partial charge >= 0.3 is 5.97 Å². The number of fused-ring (bicyclic) bond motifs is 1. The summed E-state index contributed by atoms with van der Waals surface area (Å²) in [5, 5.41) is 1.12. The Morgan fingerprint density at radius 2 is 1.44 bits per heavy atom. The highest BCUT2D eigenvalue weighted by molar-refractivity contribution is 6.31. The monoisotopic (exact) mass is 396 g/mol. The van der Waals surface area contributed by atoms with Gasteiger partial charge in [0.05, 0.1) is 11.5 Å². The summed E-state index contributed by atoms with van der Waals surface area (Å²) >= 11 is 12.0. The van der Waals surface area contributed by atoms with E-state index in [0.717, 1.165) is 5.56 Å². The number of hydrogen-bond donors (Lipinski definition) is 0. The van der Waals surface area contributed by atoms with Crippen molar-refractivity contribution in [2.45, 2.75) is 12.0 Å². The molecule has 1 aliphatic rings. The number of Topliss-reactive ketones (excluding diaryl/α,β-unsaturated/α-hetero) is 1. The van der Waals surface area contributed by atoms with Gasteiger partial charge in [0.25, 0.3) is 0 Å². The zero-order valence-electron chi connectivity index (χ0n) is 14.1. The first-order valence-corrected chi connectivity index (χ1v) is 9.15. The third kappa shape index (κ3) is 3.36. The maximum absolute atomic E-state index is 13.4. The number of esters is 1. The lowest BCUT2D eigenvalue weighted by Crippen LogP contribution is -2.21. The van der Waals surface area contributed by atoms with Crippen LogP contribution in [-0.2, 0) is 4.74 Å². The van der Waals surface area contributed by atoms with Crippen LogP contribution in [0, 0.1) is 0 Å². The van der Waals surface area contributed by atoms with Crippen LogP contribution in [0.5, 0.6) is 0 Å². The number of cyclic esters (lactones) is 1. The van der Waals surface area contributed by atoms with Crippen molar-refractivity contribution in [2.24, 2.45) is 0 Å². The van der Waals surface area contributed by atoms with Crippen molar-refractivity contribution >= 4 is 35.0 Å². The summed E-state index contributed by atoms with van der Waals surface area (Å²) in [7, 11) is 0. The molecule has 0 fully saturated rings. The van der Waals surface area contributed by atoms with Crippen LogP contribution in [0.4, 0.5) is 0 Å². The standard InChI is InChI=1S/C22H14Cl2O3/c23-15-9-5-13(6-10-15)19(20(25)14-7-11-16(24)12-8-14)21-17-3-1-2-4-18(17)22(26)27-21/h1-12,19,21H/t19-,21+/m0/s1.